The van der Waals surface area contributed by atoms with Crippen LogP contribution in [-0.4, -0.2) is 26.9 Å². The SMILES string of the molecule is C=O.CCc1ccc(NC)c(C(=O)OC)c1. The summed E-state index contributed by atoms with van der Waals surface area (Å²) in [6.07, 6.45) is 0.911. The van der Waals surface area contributed by atoms with Gasteiger partial charge in [-0.15, -0.1) is 0 Å². The first-order valence-corrected chi connectivity index (χ1v) is 4.90. The molecule has 1 aromatic rings. The quantitative estimate of drug-likeness (QED) is 0.795. The second-order valence-corrected chi connectivity index (χ2v) is 2.98. The molecule has 0 saturated carbocycles. The number of carbonyl (C=O) groups is 2. The Bertz CT molecular complexity index is 350. The van der Waals surface area contributed by atoms with E-state index in [0.29, 0.717) is 5.56 Å². The highest BCUT2D eigenvalue weighted by Crippen LogP contribution is 2.18. The summed E-state index contributed by atoms with van der Waals surface area (Å²) in [7, 11) is 3.17. The third-order valence-corrected chi connectivity index (χ3v) is 2.17. The van der Waals surface area contributed by atoms with Crippen LogP contribution in [0.4, 0.5) is 5.69 Å². The minimum atomic E-state index is -0.301. The molecule has 4 nitrogen and oxygen atoms in total. The number of carbonyl (C=O) groups excluding carboxylic acids is 2. The van der Waals surface area contributed by atoms with Gasteiger partial charge in [0.05, 0.1) is 12.7 Å². The van der Waals surface area contributed by atoms with E-state index in [2.05, 4.69) is 12.2 Å². The van der Waals surface area contributed by atoms with E-state index < -0.39 is 0 Å². The average molecular weight is 223 g/mol. The Morgan fingerprint density at radius 1 is 1.44 bits per heavy atom. The van der Waals surface area contributed by atoms with Crippen molar-refractivity contribution >= 4 is 18.4 Å². The molecule has 0 bridgehead atoms. The van der Waals surface area contributed by atoms with Crippen LogP contribution in [-0.2, 0) is 16.0 Å². The molecule has 0 aliphatic carbocycles. The molecule has 0 aromatic heterocycles. The molecule has 0 saturated heterocycles. The molecule has 0 aliphatic rings. The summed E-state index contributed by atoms with van der Waals surface area (Å²) in [4.78, 5) is 19.4. The minimum Gasteiger partial charge on any atom is -0.465 e. The number of aryl methyl sites for hydroxylation is 1. The molecule has 0 atom stereocenters. The fourth-order valence-electron chi connectivity index (χ4n) is 1.31. The Balaban J connectivity index is 0.00000106. The van der Waals surface area contributed by atoms with Gasteiger partial charge >= 0.3 is 5.97 Å². The van der Waals surface area contributed by atoms with E-state index in [1.807, 2.05) is 25.0 Å². The summed E-state index contributed by atoms with van der Waals surface area (Å²) < 4.78 is 4.70. The van der Waals surface area contributed by atoms with E-state index in [1.165, 1.54) is 7.11 Å². The Morgan fingerprint density at radius 2 is 2.06 bits per heavy atom. The molecule has 0 unspecified atom stereocenters. The Kier molecular flexibility index (Phi) is 6.59. The van der Waals surface area contributed by atoms with Crippen LogP contribution < -0.4 is 5.32 Å². The van der Waals surface area contributed by atoms with Gasteiger partial charge in [-0.05, 0) is 24.1 Å². The molecule has 0 radical (unpaired) electrons. The molecule has 4 heteroatoms. The fraction of sp³-hybridized carbons (Fsp3) is 0.333. The first kappa shape index (κ1) is 14.2. The highest BCUT2D eigenvalue weighted by Gasteiger charge is 2.10. The van der Waals surface area contributed by atoms with Gasteiger partial charge in [0.25, 0.3) is 0 Å². The van der Waals surface area contributed by atoms with Crippen molar-refractivity contribution in [3.05, 3.63) is 29.3 Å². The first-order valence-electron chi connectivity index (χ1n) is 4.90. The number of ether oxygens (including phenoxy) is 1. The maximum atomic E-state index is 11.4. The summed E-state index contributed by atoms with van der Waals surface area (Å²) in [5.74, 6) is -0.301. The van der Waals surface area contributed by atoms with Crippen molar-refractivity contribution in [3.63, 3.8) is 0 Å². The van der Waals surface area contributed by atoms with Gasteiger partial charge in [-0.2, -0.15) is 0 Å². The van der Waals surface area contributed by atoms with Gasteiger partial charge in [-0.3, -0.25) is 0 Å². The van der Waals surface area contributed by atoms with Crippen LogP contribution in [0.15, 0.2) is 18.2 Å². The van der Waals surface area contributed by atoms with Crippen LogP contribution in [0.3, 0.4) is 0 Å². The van der Waals surface area contributed by atoms with E-state index in [1.54, 1.807) is 7.05 Å². The number of benzene rings is 1. The van der Waals surface area contributed by atoms with Gasteiger partial charge in [0.15, 0.2) is 0 Å². The third kappa shape index (κ3) is 3.38. The lowest BCUT2D eigenvalue weighted by Gasteiger charge is -2.08. The lowest BCUT2D eigenvalue weighted by atomic mass is 10.1. The first-order chi connectivity index (χ1) is 7.72. The summed E-state index contributed by atoms with van der Waals surface area (Å²) >= 11 is 0. The number of anilines is 1. The van der Waals surface area contributed by atoms with Crippen molar-refractivity contribution < 1.29 is 14.3 Å². The smallest absolute Gasteiger partial charge is 0.339 e. The lowest BCUT2D eigenvalue weighted by molar-refractivity contribution is -0.0980. The zero-order chi connectivity index (χ0) is 12.6. The standard InChI is InChI=1S/C11H15NO2.CH2O/c1-4-8-5-6-10(12-2)9(7-8)11(13)14-3;1-2/h5-7,12H,4H2,1-3H3;1H2. The van der Waals surface area contributed by atoms with Gasteiger partial charge in [0.1, 0.15) is 6.79 Å². The monoisotopic (exact) mass is 223 g/mol. The summed E-state index contributed by atoms with van der Waals surface area (Å²) in [6, 6.07) is 5.75. The highest BCUT2D eigenvalue weighted by molar-refractivity contribution is 5.95. The van der Waals surface area contributed by atoms with E-state index in [-0.39, 0.29) is 5.97 Å². The number of esters is 1. The number of methoxy groups -OCH3 is 1. The fourth-order valence-corrected chi connectivity index (χ4v) is 1.31. The van der Waals surface area contributed by atoms with Crippen LogP contribution in [0.25, 0.3) is 0 Å². The van der Waals surface area contributed by atoms with E-state index >= 15 is 0 Å². The molecule has 0 amide bonds. The lowest BCUT2D eigenvalue weighted by Crippen LogP contribution is -2.06. The molecule has 0 heterocycles. The summed E-state index contributed by atoms with van der Waals surface area (Å²) in [5.41, 5.74) is 2.52. The highest BCUT2D eigenvalue weighted by atomic mass is 16.5. The molecule has 88 valence electrons. The van der Waals surface area contributed by atoms with Gasteiger partial charge in [0, 0.05) is 12.7 Å². The Morgan fingerprint density at radius 3 is 2.50 bits per heavy atom. The Labute approximate surface area is 95.6 Å². The van der Waals surface area contributed by atoms with Gasteiger partial charge in [-0.1, -0.05) is 13.0 Å². The average Bonchev–Trinajstić information content (AvgIpc) is 2.39. The maximum absolute atomic E-state index is 11.4. The minimum absolute atomic E-state index is 0.301. The number of hydrogen-bond donors (Lipinski definition) is 1. The third-order valence-electron chi connectivity index (χ3n) is 2.17. The van der Waals surface area contributed by atoms with Gasteiger partial charge in [0.2, 0.25) is 0 Å². The van der Waals surface area contributed by atoms with Crippen LogP contribution in [0.2, 0.25) is 0 Å². The molecule has 0 aliphatic heterocycles. The van der Waals surface area contributed by atoms with Crippen molar-refractivity contribution in [3.8, 4) is 0 Å². The van der Waals surface area contributed by atoms with Crippen LogP contribution >= 0.6 is 0 Å². The molecule has 0 spiro atoms. The molecule has 0 fully saturated rings. The second-order valence-electron chi connectivity index (χ2n) is 2.98. The topological polar surface area (TPSA) is 55.4 Å². The van der Waals surface area contributed by atoms with E-state index in [4.69, 9.17) is 9.53 Å². The van der Waals surface area contributed by atoms with Crippen LogP contribution in [0, 0.1) is 0 Å². The van der Waals surface area contributed by atoms with E-state index in [0.717, 1.165) is 17.7 Å². The van der Waals surface area contributed by atoms with Crippen molar-refractivity contribution in [1.29, 1.82) is 0 Å². The maximum Gasteiger partial charge on any atom is 0.339 e. The second kappa shape index (κ2) is 7.45. The van der Waals surface area contributed by atoms with Crippen LogP contribution in [0.1, 0.15) is 22.8 Å². The number of rotatable bonds is 3. The van der Waals surface area contributed by atoms with Crippen molar-refractivity contribution in [2.45, 2.75) is 13.3 Å². The molecule has 16 heavy (non-hydrogen) atoms. The zero-order valence-electron chi connectivity index (χ0n) is 9.87. The predicted octanol–water partition coefficient (Wildman–Crippen LogP) is 1.89. The van der Waals surface area contributed by atoms with Gasteiger partial charge < -0.3 is 14.8 Å². The van der Waals surface area contributed by atoms with Crippen molar-refractivity contribution in [2.75, 3.05) is 19.5 Å². The zero-order valence-corrected chi connectivity index (χ0v) is 9.87. The summed E-state index contributed by atoms with van der Waals surface area (Å²) in [5, 5.41) is 2.96. The number of nitrogens with one attached hydrogen (secondary N) is 1. The Hall–Kier alpha value is -1.84. The van der Waals surface area contributed by atoms with Crippen molar-refractivity contribution in [2.24, 2.45) is 0 Å². The predicted molar refractivity (Wildman–Crippen MR) is 63.8 cm³/mol. The van der Waals surface area contributed by atoms with E-state index in [9.17, 15) is 4.79 Å². The molecule has 1 rings (SSSR count). The molecular formula is C12H17NO3. The normalized spacial score (nSPS) is 8.69. The largest absolute Gasteiger partial charge is 0.465 e. The number of hydrogen-bond acceptors (Lipinski definition) is 4. The molecule has 1 aromatic carbocycles. The molecular weight excluding hydrogens is 206 g/mol. The van der Waals surface area contributed by atoms with Crippen LogP contribution in [0.5, 0.6) is 0 Å². The molecule has 1 N–H and O–H groups in total. The summed E-state index contributed by atoms with van der Waals surface area (Å²) in [6.45, 7) is 4.05. The van der Waals surface area contributed by atoms with Crippen molar-refractivity contribution in [1.82, 2.24) is 0 Å². The van der Waals surface area contributed by atoms with Gasteiger partial charge in [-0.25, -0.2) is 4.79 Å².